The molecule has 0 bridgehead atoms. The minimum absolute atomic E-state index is 0.0928. The lowest BCUT2D eigenvalue weighted by atomic mass is 10.1. The molecule has 0 aliphatic heterocycles. The Bertz CT molecular complexity index is 198. The van der Waals surface area contributed by atoms with Crippen molar-refractivity contribution in [1.29, 1.82) is 0 Å². The molecular formula is C10H16F3NO. The van der Waals surface area contributed by atoms with Crippen molar-refractivity contribution in [3.63, 3.8) is 0 Å². The highest BCUT2D eigenvalue weighted by atomic mass is 19.4. The molecule has 88 valence electrons. The van der Waals surface area contributed by atoms with Gasteiger partial charge < -0.3 is 10.1 Å². The SMILES string of the molecule is C#CCCC(CCOCC(F)(F)F)NC. The summed E-state index contributed by atoms with van der Waals surface area (Å²) in [6.45, 7) is -1.09. The standard InChI is InChI=1S/C10H16F3NO/c1-3-4-5-9(14-2)6-7-15-8-10(11,12)13/h1,9,14H,4-8H2,2H3. The summed E-state index contributed by atoms with van der Waals surface area (Å²) in [5.74, 6) is 2.49. The van der Waals surface area contributed by atoms with Crippen LogP contribution in [0.3, 0.4) is 0 Å². The van der Waals surface area contributed by atoms with E-state index < -0.39 is 12.8 Å². The van der Waals surface area contributed by atoms with Crippen LogP contribution in [-0.4, -0.2) is 32.5 Å². The maximum Gasteiger partial charge on any atom is 0.411 e. The maximum atomic E-state index is 11.7. The zero-order chi connectivity index (χ0) is 11.7. The van der Waals surface area contributed by atoms with E-state index in [9.17, 15) is 13.2 Å². The van der Waals surface area contributed by atoms with Crippen LogP contribution in [0.1, 0.15) is 19.3 Å². The van der Waals surface area contributed by atoms with E-state index in [-0.39, 0.29) is 12.6 Å². The molecule has 0 aliphatic carbocycles. The first-order valence-electron chi connectivity index (χ1n) is 4.75. The van der Waals surface area contributed by atoms with Gasteiger partial charge in [-0.3, -0.25) is 0 Å². The molecule has 5 heteroatoms. The van der Waals surface area contributed by atoms with Gasteiger partial charge in [0.05, 0.1) is 0 Å². The van der Waals surface area contributed by atoms with Crippen LogP contribution in [0.15, 0.2) is 0 Å². The second-order valence-electron chi connectivity index (χ2n) is 3.18. The normalized spacial score (nSPS) is 13.5. The van der Waals surface area contributed by atoms with E-state index >= 15 is 0 Å². The number of halogens is 3. The van der Waals surface area contributed by atoms with Crippen LogP contribution in [0.4, 0.5) is 13.2 Å². The molecule has 0 saturated heterocycles. The van der Waals surface area contributed by atoms with Crippen LogP contribution in [-0.2, 0) is 4.74 Å². The molecule has 0 aromatic heterocycles. The highest BCUT2D eigenvalue weighted by molar-refractivity contribution is 4.85. The van der Waals surface area contributed by atoms with Crippen molar-refractivity contribution in [3.05, 3.63) is 0 Å². The molecule has 2 nitrogen and oxygen atoms in total. The number of nitrogens with one attached hydrogen (secondary N) is 1. The Morgan fingerprint density at radius 3 is 2.53 bits per heavy atom. The van der Waals surface area contributed by atoms with Gasteiger partial charge in [-0.2, -0.15) is 13.2 Å². The highest BCUT2D eigenvalue weighted by Crippen LogP contribution is 2.14. The average Bonchev–Trinajstić information content (AvgIpc) is 2.15. The molecule has 0 amide bonds. The second kappa shape index (κ2) is 7.55. The molecule has 0 spiro atoms. The molecule has 0 aromatic rings. The summed E-state index contributed by atoms with van der Waals surface area (Å²) >= 11 is 0. The summed E-state index contributed by atoms with van der Waals surface area (Å²) in [4.78, 5) is 0. The first-order chi connectivity index (χ1) is 6.99. The van der Waals surface area contributed by atoms with E-state index in [2.05, 4.69) is 16.0 Å². The van der Waals surface area contributed by atoms with Crippen LogP contribution in [0.5, 0.6) is 0 Å². The molecule has 0 aliphatic rings. The predicted octanol–water partition coefficient (Wildman–Crippen LogP) is 1.96. The quantitative estimate of drug-likeness (QED) is 0.526. The van der Waals surface area contributed by atoms with E-state index in [0.29, 0.717) is 12.8 Å². The monoisotopic (exact) mass is 223 g/mol. The van der Waals surface area contributed by atoms with E-state index in [4.69, 9.17) is 6.42 Å². The Morgan fingerprint density at radius 1 is 1.40 bits per heavy atom. The molecule has 0 saturated carbocycles. The average molecular weight is 223 g/mol. The van der Waals surface area contributed by atoms with Crippen LogP contribution in [0.2, 0.25) is 0 Å². The Morgan fingerprint density at radius 2 is 2.07 bits per heavy atom. The molecule has 0 rings (SSSR count). The molecule has 1 N–H and O–H groups in total. The van der Waals surface area contributed by atoms with Gasteiger partial charge in [0.25, 0.3) is 0 Å². The van der Waals surface area contributed by atoms with Crippen molar-refractivity contribution >= 4 is 0 Å². The lowest BCUT2D eigenvalue weighted by molar-refractivity contribution is -0.174. The number of hydrogen-bond donors (Lipinski definition) is 1. The Balaban J connectivity index is 3.51. The van der Waals surface area contributed by atoms with Gasteiger partial charge in [-0.1, -0.05) is 0 Å². The number of ether oxygens (including phenoxy) is 1. The summed E-state index contributed by atoms with van der Waals surface area (Å²) in [6, 6.07) is 0.120. The second-order valence-corrected chi connectivity index (χ2v) is 3.18. The predicted molar refractivity (Wildman–Crippen MR) is 52.4 cm³/mol. The summed E-state index contributed by atoms with van der Waals surface area (Å²) in [7, 11) is 1.75. The van der Waals surface area contributed by atoms with E-state index in [1.807, 2.05) is 0 Å². The molecule has 1 atom stereocenters. The van der Waals surface area contributed by atoms with Crippen LogP contribution in [0.25, 0.3) is 0 Å². The zero-order valence-electron chi connectivity index (χ0n) is 8.73. The minimum atomic E-state index is -4.24. The third-order valence-electron chi connectivity index (χ3n) is 1.92. The van der Waals surface area contributed by atoms with E-state index in [1.54, 1.807) is 7.05 Å². The molecule has 0 aromatic carbocycles. The van der Waals surface area contributed by atoms with Crippen molar-refractivity contribution in [2.45, 2.75) is 31.5 Å². The van der Waals surface area contributed by atoms with Crippen molar-refractivity contribution < 1.29 is 17.9 Å². The topological polar surface area (TPSA) is 21.3 Å². The van der Waals surface area contributed by atoms with Gasteiger partial charge in [0, 0.05) is 19.1 Å². The minimum Gasteiger partial charge on any atom is -0.372 e. The third-order valence-corrected chi connectivity index (χ3v) is 1.92. The number of alkyl halides is 3. The van der Waals surface area contributed by atoms with Crippen LogP contribution < -0.4 is 5.32 Å². The fourth-order valence-electron chi connectivity index (χ4n) is 1.10. The molecule has 15 heavy (non-hydrogen) atoms. The first-order valence-corrected chi connectivity index (χ1v) is 4.75. The molecular weight excluding hydrogens is 207 g/mol. The first kappa shape index (κ1) is 14.3. The van der Waals surface area contributed by atoms with Crippen molar-refractivity contribution in [1.82, 2.24) is 5.32 Å². The molecule has 0 heterocycles. The Kier molecular flexibility index (Phi) is 7.18. The smallest absolute Gasteiger partial charge is 0.372 e. The molecule has 1 unspecified atom stereocenters. The van der Waals surface area contributed by atoms with Gasteiger partial charge in [0.2, 0.25) is 0 Å². The largest absolute Gasteiger partial charge is 0.411 e. The number of terminal acetylenes is 1. The van der Waals surface area contributed by atoms with Crippen molar-refractivity contribution in [2.75, 3.05) is 20.3 Å². The van der Waals surface area contributed by atoms with Gasteiger partial charge in [-0.25, -0.2) is 0 Å². The zero-order valence-corrected chi connectivity index (χ0v) is 8.73. The van der Waals surface area contributed by atoms with Crippen molar-refractivity contribution in [3.8, 4) is 12.3 Å². The molecule has 0 radical (unpaired) electrons. The lowest BCUT2D eigenvalue weighted by Crippen LogP contribution is -2.27. The maximum absolute atomic E-state index is 11.7. The Labute approximate surface area is 88.2 Å². The van der Waals surface area contributed by atoms with Gasteiger partial charge in [-0.05, 0) is 19.9 Å². The number of hydrogen-bond acceptors (Lipinski definition) is 2. The van der Waals surface area contributed by atoms with Gasteiger partial charge >= 0.3 is 6.18 Å². The van der Waals surface area contributed by atoms with E-state index in [0.717, 1.165) is 6.42 Å². The lowest BCUT2D eigenvalue weighted by Gasteiger charge is -2.15. The summed E-state index contributed by atoms with van der Waals surface area (Å²) in [6.07, 6.45) is 2.75. The van der Waals surface area contributed by atoms with E-state index in [1.165, 1.54) is 0 Å². The number of rotatable bonds is 7. The Hall–Kier alpha value is -0.730. The van der Waals surface area contributed by atoms with Gasteiger partial charge in [0.15, 0.2) is 0 Å². The van der Waals surface area contributed by atoms with Crippen molar-refractivity contribution in [2.24, 2.45) is 0 Å². The van der Waals surface area contributed by atoms with Crippen LogP contribution >= 0.6 is 0 Å². The van der Waals surface area contributed by atoms with Gasteiger partial charge in [0.1, 0.15) is 6.61 Å². The highest BCUT2D eigenvalue weighted by Gasteiger charge is 2.27. The van der Waals surface area contributed by atoms with Crippen LogP contribution in [0, 0.1) is 12.3 Å². The fourth-order valence-corrected chi connectivity index (χ4v) is 1.10. The summed E-state index contributed by atoms with van der Waals surface area (Å²) in [5.41, 5.74) is 0. The summed E-state index contributed by atoms with van der Waals surface area (Å²) in [5, 5.41) is 2.98. The third kappa shape index (κ3) is 9.57. The summed E-state index contributed by atoms with van der Waals surface area (Å²) < 4.78 is 39.6. The van der Waals surface area contributed by atoms with Gasteiger partial charge in [-0.15, -0.1) is 12.3 Å². The molecule has 0 fully saturated rings. The fraction of sp³-hybridized carbons (Fsp3) is 0.800.